The highest BCUT2D eigenvalue weighted by Crippen LogP contribution is 2.06. The van der Waals surface area contributed by atoms with E-state index in [1.165, 1.54) is 25.3 Å². The minimum Gasteiger partial charge on any atom is -0.466 e. The zero-order valence-electron chi connectivity index (χ0n) is 10.9. The number of methoxy groups -OCH3 is 1. The third-order valence-electron chi connectivity index (χ3n) is 2.40. The maximum atomic E-state index is 12.9. The Kier molecular flexibility index (Phi) is 5.73. The van der Waals surface area contributed by atoms with Gasteiger partial charge in [-0.15, -0.1) is 0 Å². The summed E-state index contributed by atoms with van der Waals surface area (Å²) in [5, 5.41) is 2.56. The van der Waals surface area contributed by atoms with E-state index in [0.717, 1.165) is 5.56 Å². The number of allylic oxidation sites excluding steroid dienone is 1. The smallest absolute Gasteiger partial charge is 0.332 e. The van der Waals surface area contributed by atoms with Crippen LogP contribution in [0.25, 0.3) is 0 Å². The first-order valence-corrected chi connectivity index (χ1v) is 5.82. The fourth-order valence-electron chi connectivity index (χ4n) is 1.50. The molecule has 0 saturated carbocycles. The lowest BCUT2D eigenvalue weighted by atomic mass is 10.1. The Labute approximate surface area is 111 Å². The molecule has 0 heterocycles. The zero-order chi connectivity index (χ0) is 14.3. The van der Waals surface area contributed by atoms with E-state index in [1.807, 2.05) is 0 Å². The molecule has 4 nitrogen and oxygen atoms in total. The number of benzene rings is 1. The number of amides is 1. The van der Waals surface area contributed by atoms with Crippen molar-refractivity contribution in [3.63, 3.8) is 0 Å². The Hall–Kier alpha value is -2.17. The van der Waals surface area contributed by atoms with Crippen molar-refractivity contribution in [3.05, 3.63) is 47.4 Å². The van der Waals surface area contributed by atoms with E-state index < -0.39 is 5.97 Å². The molecule has 1 N–H and O–H groups in total. The predicted molar refractivity (Wildman–Crippen MR) is 68.6 cm³/mol. The SMILES string of the molecule is COC(=O)C=C(C)NC(=O)CCc1cccc(F)c1. The lowest BCUT2D eigenvalue weighted by Crippen LogP contribution is -2.22. The normalized spacial score (nSPS) is 11.0. The number of aryl methyl sites for hydroxylation is 1. The van der Waals surface area contributed by atoms with Crippen molar-refractivity contribution in [1.82, 2.24) is 5.32 Å². The number of nitrogens with one attached hydrogen (secondary N) is 1. The van der Waals surface area contributed by atoms with Crippen molar-refractivity contribution in [2.24, 2.45) is 0 Å². The zero-order valence-corrected chi connectivity index (χ0v) is 10.9. The maximum absolute atomic E-state index is 12.9. The van der Waals surface area contributed by atoms with Gasteiger partial charge in [-0.1, -0.05) is 12.1 Å². The first-order valence-electron chi connectivity index (χ1n) is 5.82. The Morgan fingerprint density at radius 2 is 2.16 bits per heavy atom. The van der Waals surface area contributed by atoms with E-state index in [2.05, 4.69) is 10.1 Å². The van der Waals surface area contributed by atoms with Crippen molar-refractivity contribution < 1.29 is 18.7 Å². The number of ether oxygens (including phenoxy) is 1. The summed E-state index contributed by atoms with van der Waals surface area (Å²) in [6.45, 7) is 1.59. The third kappa shape index (κ3) is 5.81. The van der Waals surface area contributed by atoms with Gasteiger partial charge in [-0.05, 0) is 31.0 Å². The molecule has 102 valence electrons. The summed E-state index contributed by atoms with van der Waals surface area (Å²) < 4.78 is 17.4. The average Bonchev–Trinajstić information content (AvgIpc) is 2.36. The van der Waals surface area contributed by atoms with Crippen molar-refractivity contribution in [2.75, 3.05) is 7.11 Å². The predicted octanol–water partition coefficient (Wildman–Crippen LogP) is 1.95. The lowest BCUT2D eigenvalue weighted by molar-refractivity contribution is -0.134. The standard InChI is InChI=1S/C14H16FNO3/c1-10(8-14(18)19-2)16-13(17)7-6-11-4-3-5-12(15)9-11/h3-5,8-9H,6-7H2,1-2H3,(H,16,17). The fraction of sp³-hybridized carbons (Fsp3) is 0.286. The van der Waals surface area contributed by atoms with Gasteiger partial charge in [0.1, 0.15) is 5.82 Å². The molecule has 0 fully saturated rings. The van der Waals surface area contributed by atoms with Crippen LogP contribution in [0.5, 0.6) is 0 Å². The quantitative estimate of drug-likeness (QED) is 0.654. The van der Waals surface area contributed by atoms with Crippen molar-refractivity contribution in [3.8, 4) is 0 Å². The van der Waals surface area contributed by atoms with Gasteiger partial charge in [0.05, 0.1) is 7.11 Å². The molecule has 0 aliphatic carbocycles. The van der Waals surface area contributed by atoms with Gasteiger partial charge in [-0.2, -0.15) is 0 Å². The van der Waals surface area contributed by atoms with Gasteiger partial charge in [0, 0.05) is 18.2 Å². The number of hydrogen-bond acceptors (Lipinski definition) is 3. The summed E-state index contributed by atoms with van der Waals surface area (Å²) in [6, 6.07) is 6.11. The van der Waals surface area contributed by atoms with Gasteiger partial charge >= 0.3 is 5.97 Å². The molecule has 1 aromatic rings. The number of halogens is 1. The molecule has 0 unspecified atom stereocenters. The molecule has 5 heteroatoms. The highest BCUT2D eigenvalue weighted by atomic mass is 19.1. The number of esters is 1. The Morgan fingerprint density at radius 1 is 1.42 bits per heavy atom. The highest BCUT2D eigenvalue weighted by Gasteiger charge is 2.04. The molecule has 0 radical (unpaired) electrons. The molecule has 19 heavy (non-hydrogen) atoms. The summed E-state index contributed by atoms with van der Waals surface area (Å²) >= 11 is 0. The van der Waals surface area contributed by atoms with Gasteiger partial charge in [-0.3, -0.25) is 4.79 Å². The third-order valence-corrected chi connectivity index (χ3v) is 2.40. The van der Waals surface area contributed by atoms with Crippen LogP contribution in [0.4, 0.5) is 4.39 Å². The van der Waals surface area contributed by atoms with Crippen LogP contribution in [0.1, 0.15) is 18.9 Å². The summed E-state index contributed by atoms with van der Waals surface area (Å²) in [6.07, 6.45) is 1.85. The molecule has 1 aromatic carbocycles. The number of carbonyl (C=O) groups excluding carboxylic acids is 2. The molecule has 0 saturated heterocycles. The second kappa shape index (κ2) is 7.31. The second-order valence-corrected chi connectivity index (χ2v) is 4.03. The molecular weight excluding hydrogens is 249 g/mol. The van der Waals surface area contributed by atoms with Crippen LogP contribution in [-0.4, -0.2) is 19.0 Å². The van der Waals surface area contributed by atoms with Crippen LogP contribution in [0.2, 0.25) is 0 Å². The van der Waals surface area contributed by atoms with Crippen LogP contribution in [0.3, 0.4) is 0 Å². The number of rotatable bonds is 5. The molecular formula is C14H16FNO3. The molecule has 0 bridgehead atoms. The van der Waals surface area contributed by atoms with Crippen LogP contribution in [-0.2, 0) is 20.7 Å². The number of hydrogen-bond donors (Lipinski definition) is 1. The summed E-state index contributed by atoms with van der Waals surface area (Å²) in [4.78, 5) is 22.5. The van der Waals surface area contributed by atoms with Crippen molar-refractivity contribution in [2.45, 2.75) is 19.8 Å². The van der Waals surface area contributed by atoms with E-state index in [-0.39, 0.29) is 18.1 Å². The largest absolute Gasteiger partial charge is 0.466 e. The molecule has 1 rings (SSSR count). The van der Waals surface area contributed by atoms with Crippen molar-refractivity contribution >= 4 is 11.9 Å². The summed E-state index contributed by atoms with van der Waals surface area (Å²) in [5.74, 6) is -1.08. The van der Waals surface area contributed by atoms with Gasteiger partial charge in [-0.25, -0.2) is 9.18 Å². The van der Waals surface area contributed by atoms with Gasteiger partial charge in [0.2, 0.25) is 5.91 Å². The first-order chi connectivity index (χ1) is 9.01. The van der Waals surface area contributed by atoms with Crippen LogP contribution >= 0.6 is 0 Å². The summed E-state index contributed by atoms with van der Waals surface area (Å²) in [7, 11) is 1.26. The molecule has 0 aliphatic rings. The topological polar surface area (TPSA) is 55.4 Å². The maximum Gasteiger partial charge on any atom is 0.332 e. The molecule has 1 amide bonds. The van der Waals surface area contributed by atoms with Crippen LogP contribution < -0.4 is 5.32 Å². The Balaban J connectivity index is 2.44. The van der Waals surface area contributed by atoms with Crippen molar-refractivity contribution in [1.29, 1.82) is 0 Å². The Bertz CT molecular complexity index is 497. The molecule has 0 aromatic heterocycles. The minimum absolute atomic E-state index is 0.218. The highest BCUT2D eigenvalue weighted by molar-refractivity contribution is 5.84. The minimum atomic E-state index is -0.525. The first kappa shape index (κ1) is 14.9. The average molecular weight is 265 g/mol. The Morgan fingerprint density at radius 3 is 2.79 bits per heavy atom. The molecule has 0 aliphatic heterocycles. The lowest BCUT2D eigenvalue weighted by Gasteiger charge is -2.05. The van der Waals surface area contributed by atoms with E-state index in [1.54, 1.807) is 19.1 Å². The van der Waals surface area contributed by atoms with Gasteiger partial charge in [0.15, 0.2) is 0 Å². The van der Waals surface area contributed by atoms with E-state index in [0.29, 0.717) is 12.1 Å². The van der Waals surface area contributed by atoms with Crippen LogP contribution in [0, 0.1) is 5.82 Å². The number of carbonyl (C=O) groups is 2. The van der Waals surface area contributed by atoms with E-state index >= 15 is 0 Å². The second-order valence-electron chi connectivity index (χ2n) is 4.03. The van der Waals surface area contributed by atoms with Gasteiger partial charge in [0.25, 0.3) is 0 Å². The summed E-state index contributed by atoms with van der Waals surface area (Å²) in [5.41, 5.74) is 1.17. The van der Waals surface area contributed by atoms with E-state index in [4.69, 9.17) is 0 Å². The monoisotopic (exact) mass is 265 g/mol. The van der Waals surface area contributed by atoms with Crippen LogP contribution in [0.15, 0.2) is 36.0 Å². The molecule has 0 spiro atoms. The van der Waals surface area contributed by atoms with E-state index in [9.17, 15) is 14.0 Å². The van der Waals surface area contributed by atoms with Gasteiger partial charge < -0.3 is 10.1 Å². The molecule has 0 atom stereocenters. The fourth-order valence-corrected chi connectivity index (χ4v) is 1.50.